The molecule has 3 aromatic rings. The van der Waals surface area contributed by atoms with E-state index in [2.05, 4.69) is 25.9 Å². The van der Waals surface area contributed by atoms with Crippen molar-refractivity contribution in [2.24, 2.45) is 0 Å². The second-order valence-corrected chi connectivity index (χ2v) is 6.72. The molecule has 0 unspecified atom stereocenters. The van der Waals surface area contributed by atoms with Crippen molar-refractivity contribution in [3.63, 3.8) is 0 Å². The maximum Gasteiger partial charge on any atom is 0.254 e. The van der Waals surface area contributed by atoms with Gasteiger partial charge in [0.05, 0.1) is 17.1 Å². The zero-order valence-electron chi connectivity index (χ0n) is 12.5. The van der Waals surface area contributed by atoms with Crippen molar-refractivity contribution >= 4 is 32.9 Å². The summed E-state index contributed by atoms with van der Waals surface area (Å²) in [4.78, 5) is 22.8. The third-order valence-corrected chi connectivity index (χ3v) is 4.80. The van der Waals surface area contributed by atoms with E-state index in [1.54, 1.807) is 0 Å². The number of para-hydroxylation sites is 2. The molecule has 1 aromatic heterocycles. The van der Waals surface area contributed by atoms with Gasteiger partial charge in [0.25, 0.3) is 5.91 Å². The van der Waals surface area contributed by atoms with Gasteiger partial charge in [0.1, 0.15) is 5.82 Å². The summed E-state index contributed by atoms with van der Waals surface area (Å²) < 4.78 is 0.919. The van der Waals surface area contributed by atoms with Crippen LogP contribution in [0.15, 0.2) is 53.0 Å². The van der Waals surface area contributed by atoms with Crippen LogP contribution >= 0.6 is 15.9 Å². The molecular formula is C18H16BrN3O. The SMILES string of the molecule is O=C(c1cccc(Br)c1)N1CCC[C@H]1c1nc2ccccc2[nH]1. The van der Waals surface area contributed by atoms with Gasteiger partial charge in [0, 0.05) is 16.6 Å². The standard InChI is InChI=1S/C18H16BrN3O/c19-13-6-3-5-12(11-13)18(23)22-10-4-9-16(22)17-20-14-7-1-2-8-15(14)21-17/h1-3,5-8,11,16H,4,9-10H2,(H,20,21)/t16-/m0/s1. The Morgan fingerprint density at radius 2 is 2.09 bits per heavy atom. The van der Waals surface area contributed by atoms with Crippen molar-refractivity contribution in [1.29, 1.82) is 0 Å². The number of nitrogens with one attached hydrogen (secondary N) is 1. The number of carbonyl (C=O) groups excluding carboxylic acids is 1. The fourth-order valence-corrected chi connectivity index (χ4v) is 3.61. The van der Waals surface area contributed by atoms with Crippen LogP contribution in [0.4, 0.5) is 0 Å². The predicted molar refractivity (Wildman–Crippen MR) is 93.2 cm³/mol. The van der Waals surface area contributed by atoms with Crippen LogP contribution in [0.5, 0.6) is 0 Å². The van der Waals surface area contributed by atoms with Gasteiger partial charge in [-0.05, 0) is 43.2 Å². The topological polar surface area (TPSA) is 49.0 Å². The number of aromatic nitrogens is 2. The van der Waals surface area contributed by atoms with Crippen molar-refractivity contribution in [3.05, 3.63) is 64.4 Å². The highest BCUT2D eigenvalue weighted by molar-refractivity contribution is 9.10. The molecule has 0 saturated carbocycles. The first-order chi connectivity index (χ1) is 11.2. The lowest BCUT2D eigenvalue weighted by Gasteiger charge is -2.23. The first kappa shape index (κ1) is 14.5. The van der Waals surface area contributed by atoms with Gasteiger partial charge < -0.3 is 9.88 Å². The van der Waals surface area contributed by atoms with Gasteiger partial charge in [-0.15, -0.1) is 0 Å². The van der Waals surface area contributed by atoms with E-state index in [1.807, 2.05) is 53.4 Å². The van der Waals surface area contributed by atoms with Crippen molar-refractivity contribution < 1.29 is 4.79 Å². The molecule has 5 heteroatoms. The molecule has 0 aliphatic carbocycles. The highest BCUT2D eigenvalue weighted by Gasteiger charge is 2.32. The maximum atomic E-state index is 12.9. The molecule has 4 nitrogen and oxygen atoms in total. The number of likely N-dealkylation sites (tertiary alicyclic amines) is 1. The van der Waals surface area contributed by atoms with Gasteiger partial charge in [-0.1, -0.05) is 34.1 Å². The van der Waals surface area contributed by atoms with E-state index < -0.39 is 0 Å². The lowest BCUT2D eigenvalue weighted by atomic mass is 10.1. The Kier molecular flexibility index (Phi) is 3.65. The quantitative estimate of drug-likeness (QED) is 0.731. The molecular weight excluding hydrogens is 354 g/mol. The number of halogens is 1. The maximum absolute atomic E-state index is 12.9. The summed E-state index contributed by atoms with van der Waals surface area (Å²) in [6, 6.07) is 15.5. The second-order valence-electron chi connectivity index (χ2n) is 5.81. The van der Waals surface area contributed by atoms with E-state index in [4.69, 9.17) is 0 Å². The van der Waals surface area contributed by atoms with E-state index in [9.17, 15) is 4.79 Å². The van der Waals surface area contributed by atoms with Gasteiger partial charge in [0.15, 0.2) is 0 Å². The van der Waals surface area contributed by atoms with Gasteiger partial charge in [-0.2, -0.15) is 0 Å². The molecule has 116 valence electrons. The summed E-state index contributed by atoms with van der Waals surface area (Å²) in [6.07, 6.45) is 1.95. The predicted octanol–water partition coefficient (Wildman–Crippen LogP) is 4.30. The summed E-state index contributed by atoms with van der Waals surface area (Å²) in [7, 11) is 0. The third kappa shape index (κ3) is 2.65. The molecule has 4 rings (SSSR count). The molecule has 1 fully saturated rings. The number of amides is 1. The van der Waals surface area contributed by atoms with Crippen molar-refractivity contribution in [2.75, 3.05) is 6.54 Å². The lowest BCUT2D eigenvalue weighted by molar-refractivity contribution is 0.0730. The van der Waals surface area contributed by atoms with E-state index in [-0.39, 0.29) is 11.9 Å². The molecule has 2 aromatic carbocycles. The summed E-state index contributed by atoms with van der Waals surface area (Å²) in [6.45, 7) is 0.771. The Hall–Kier alpha value is -2.14. The average molecular weight is 370 g/mol. The monoisotopic (exact) mass is 369 g/mol. The Bertz CT molecular complexity index is 840. The van der Waals surface area contributed by atoms with Crippen LogP contribution in [-0.4, -0.2) is 27.3 Å². The Balaban J connectivity index is 1.67. The van der Waals surface area contributed by atoms with Crippen LogP contribution in [0.2, 0.25) is 0 Å². The molecule has 1 atom stereocenters. The molecule has 23 heavy (non-hydrogen) atoms. The van der Waals surface area contributed by atoms with Crippen LogP contribution < -0.4 is 0 Å². The molecule has 0 bridgehead atoms. The number of fused-ring (bicyclic) bond motifs is 1. The smallest absolute Gasteiger partial charge is 0.254 e. The summed E-state index contributed by atoms with van der Waals surface area (Å²) in [5, 5.41) is 0. The number of benzene rings is 2. The van der Waals surface area contributed by atoms with Crippen molar-refractivity contribution in [2.45, 2.75) is 18.9 Å². The van der Waals surface area contributed by atoms with E-state index >= 15 is 0 Å². The molecule has 1 aliphatic rings. The van der Waals surface area contributed by atoms with Gasteiger partial charge >= 0.3 is 0 Å². The van der Waals surface area contributed by atoms with Crippen LogP contribution in [0.25, 0.3) is 11.0 Å². The number of nitrogens with zero attached hydrogens (tertiary/aromatic N) is 2. The van der Waals surface area contributed by atoms with Crippen LogP contribution in [0.3, 0.4) is 0 Å². The Labute approximate surface area is 142 Å². The second kappa shape index (κ2) is 5.81. The summed E-state index contributed by atoms with van der Waals surface area (Å²) in [5.41, 5.74) is 2.68. The van der Waals surface area contributed by atoms with Crippen LogP contribution in [0.1, 0.15) is 35.1 Å². The average Bonchev–Trinajstić information content (AvgIpc) is 3.20. The minimum absolute atomic E-state index is 0.0221. The zero-order chi connectivity index (χ0) is 15.8. The first-order valence-corrected chi connectivity index (χ1v) is 8.53. The van der Waals surface area contributed by atoms with Gasteiger partial charge in [-0.3, -0.25) is 4.79 Å². The molecule has 1 amide bonds. The highest BCUT2D eigenvalue weighted by Crippen LogP contribution is 2.32. The zero-order valence-corrected chi connectivity index (χ0v) is 14.1. The number of hydrogen-bond donors (Lipinski definition) is 1. The fraction of sp³-hybridized carbons (Fsp3) is 0.222. The van der Waals surface area contributed by atoms with Crippen LogP contribution in [0, 0.1) is 0 Å². The fourth-order valence-electron chi connectivity index (χ4n) is 3.21. The Morgan fingerprint density at radius 1 is 1.22 bits per heavy atom. The molecule has 1 N–H and O–H groups in total. The van der Waals surface area contributed by atoms with E-state index in [0.29, 0.717) is 5.56 Å². The lowest BCUT2D eigenvalue weighted by Crippen LogP contribution is -2.31. The van der Waals surface area contributed by atoms with E-state index in [1.165, 1.54) is 0 Å². The van der Waals surface area contributed by atoms with Crippen molar-refractivity contribution in [1.82, 2.24) is 14.9 Å². The third-order valence-electron chi connectivity index (χ3n) is 4.31. The van der Waals surface area contributed by atoms with Crippen LogP contribution in [-0.2, 0) is 0 Å². The minimum Gasteiger partial charge on any atom is -0.340 e. The largest absolute Gasteiger partial charge is 0.340 e. The minimum atomic E-state index is 0.0221. The number of imidazole rings is 1. The van der Waals surface area contributed by atoms with Crippen molar-refractivity contribution in [3.8, 4) is 0 Å². The molecule has 0 radical (unpaired) electrons. The molecule has 0 spiro atoms. The Morgan fingerprint density at radius 3 is 2.91 bits per heavy atom. The van der Waals surface area contributed by atoms with E-state index in [0.717, 1.165) is 40.7 Å². The number of carbonyl (C=O) groups is 1. The number of H-pyrrole nitrogens is 1. The first-order valence-electron chi connectivity index (χ1n) is 7.73. The molecule has 1 aliphatic heterocycles. The molecule has 1 saturated heterocycles. The van der Waals surface area contributed by atoms with Gasteiger partial charge in [0.2, 0.25) is 0 Å². The molecule has 2 heterocycles. The normalized spacial score (nSPS) is 17.8. The number of rotatable bonds is 2. The summed E-state index contributed by atoms with van der Waals surface area (Å²) in [5.74, 6) is 0.946. The highest BCUT2D eigenvalue weighted by atomic mass is 79.9. The number of aromatic amines is 1. The summed E-state index contributed by atoms with van der Waals surface area (Å²) >= 11 is 3.43. The number of hydrogen-bond acceptors (Lipinski definition) is 2. The van der Waals surface area contributed by atoms with Gasteiger partial charge in [-0.25, -0.2) is 4.98 Å².